The van der Waals surface area contributed by atoms with Gasteiger partial charge in [0.15, 0.2) is 0 Å². The fraction of sp³-hybridized carbons (Fsp3) is 0.381. The summed E-state index contributed by atoms with van der Waals surface area (Å²) >= 11 is 0. The summed E-state index contributed by atoms with van der Waals surface area (Å²) in [4.78, 5) is 12.0. The van der Waals surface area contributed by atoms with E-state index in [-0.39, 0.29) is 22.8 Å². The first-order valence-corrected chi connectivity index (χ1v) is 10.9. The number of rotatable bonds is 4. The maximum atomic E-state index is 12.9. The quantitative estimate of drug-likeness (QED) is 0.845. The van der Waals surface area contributed by atoms with E-state index in [4.69, 9.17) is 0 Å². The highest BCUT2D eigenvalue weighted by atomic mass is 32.2. The second kappa shape index (κ2) is 6.77. The van der Waals surface area contributed by atoms with E-state index in [1.54, 1.807) is 25.1 Å². The molecule has 6 heteroatoms. The summed E-state index contributed by atoms with van der Waals surface area (Å²) in [6, 6.07) is 10.8. The van der Waals surface area contributed by atoms with Crippen LogP contribution in [0.5, 0.6) is 0 Å². The molecule has 2 aromatic carbocycles. The molecule has 5 nitrogen and oxygen atoms in total. The van der Waals surface area contributed by atoms with Crippen LogP contribution in [0.25, 0.3) is 0 Å². The molecule has 2 N–H and O–H groups in total. The number of nitrogens with one attached hydrogen (secondary N) is 2. The van der Waals surface area contributed by atoms with Gasteiger partial charge in [-0.1, -0.05) is 18.2 Å². The van der Waals surface area contributed by atoms with Crippen LogP contribution in [0.2, 0.25) is 0 Å². The Kier molecular flexibility index (Phi) is 4.56. The highest BCUT2D eigenvalue weighted by Crippen LogP contribution is 2.34. The third kappa shape index (κ3) is 3.39. The number of amides is 1. The predicted molar refractivity (Wildman–Crippen MR) is 105 cm³/mol. The van der Waals surface area contributed by atoms with E-state index in [0.29, 0.717) is 5.69 Å². The molecule has 0 aromatic heterocycles. The van der Waals surface area contributed by atoms with E-state index in [1.165, 1.54) is 24.0 Å². The van der Waals surface area contributed by atoms with Crippen molar-refractivity contribution in [2.75, 3.05) is 5.32 Å². The standard InChI is InChI=1S/C21H24N2O3S/c1-13-19-12-18(9-10-20(19)22-21(13)24)27(25,26)23-14(2)16-8-7-15-5-3-4-6-17(15)11-16/h7-14,23H,3-6H2,1-2H3,(H,22,24)/t13-,14-/m1/s1. The molecule has 0 bridgehead atoms. The molecule has 4 rings (SSSR count). The molecule has 1 heterocycles. The van der Waals surface area contributed by atoms with Gasteiger partial charge >= 0.3 is 0 Å². The summed E-state index contributed by atoms with van der Waals surface area (Å²) in [5.41, 5.74) is 5.11. The fourth-order valence-corrected chi connectivity index (χ4v) is 5.22. The lowest BCUT2D eigenvalue weighted by atomic mass is 9.89. The summed E-state index contributed by atoms with van der Waals surface area (Å²) < 4.78 is 28.5. The van der Waals surface area contributed by atoms with Crippen LogP contribution in [0.4, 0.5) is 5.69 Å². The van der Waals surface area contributed by atoms with Crippen molar-refractivity contribution in [3.8, 4) is 0 Å². The van der Waals surface area contributed by atoms with Crippen molar-refractivity contribution in [3.63, 3.8) is 0 Å². The van der Waals surface area contributed by atoms with Gasteiger partial charge in [-0.25, -0.2) is 13.1 Å². The zero-order chi connectivity index (χ0) is 19.2. The number of hydrogen-bond donors (Lipinski definition) is 2. The Hall–Kier alpha value is -2.18. The number of carbonyl (C=O) groups excluding carboxylic acids is 1. The monoisotopic (exact) mass is 384 g/mol. The van der Waals surface area contributed by atoms with Gasteiger partial charge in [0, 0.05) is 11.7 Å². The molecule has 2 atom stereocenters. The largest absolute Gasteiger partial charge is 0.325 e. The molecule has 27 heavy (non-hydrogen) atoms. The summed E-state index contributed by atoms with van der Waals surface area (Å²) in [5, 5.41) is 2.77. The van der Waals surface area contributed by atoms with Gasteiger partial charge < -0.3 is 5.32 Å². The van der Waals surface area contributed by atoms with Crippen molar-refractivity contribution >= 4 is 21.6 Å². The molecule has 1 aliphatic heterocycles. The zero-order valence-corrected chi connectivity index (χ0v) is 16.4. The normalized spacial score (nSPS) is 19.9. The topological polar surface area (TPSA) is 75.3 Å². The van der Waals surface area contributed by atoms with Crippen LogP contribution in [-0.4, -0.2) is 14.3 Å². The first-order chi connectivity index (χ1) is 12.8. The van der Waals surface area contributed by atoms with Crippen LogP contribution in [0, 0.1) is 0 Å². The number of benzene rings is 2. The van der Waals surface area contributed by atoms with Crippen LogP contribution < -0.4 is 10.0 Å². The van der Waals surface area contributed by atoms with Crippen molar-refractivity contribution in [3.05, 3.63) is 58.7 Å². The molecular formula is C21H24N2O3S. The lowest BCUT2D eigenvalue weighted by Crippen LogP contribution is -2.27. The first kappa shape index (κ1) is 18.2. The van der Waals surface area contributed by atoms with Crippen molar-refractivity contribution in [1.29, 1.82) is 0 Å². The maximum Gasteiger partial charge on any atom is 0.241 e. The smallest absolute Gasteiger partial charge is 0.241 e. The van der Waals surface area contributed by atoms with Crippen molar-refractivity contribution in [1.82, 2.24) is 4.72 Å². The van der Waals surface area contributed by atoms with E-state index in [0.717, 1.165) is 24.0 Å². The lowest BCUT2D eigenvalue weighted by Gasteiger charge is -2.20. The van der Waals surface area contributed by atoms with Gasteiger partial charge in [-0.3, -0.25) is 4.79 Å². The van der Waals surface area contributed by atoms with Gasteiger partial charge in [-0.15, -0.1) is 0 Å². The van der Waals surface area contributed by atoms with Crippen LogP contribution >= 0.6 is 0 Å². The Morgan fingerprint density at radius 3 is 2.59 bits per heavy atom. The van der Waals surface area contributed by atoms with Crippen LogP contribution in [-0.2, 0) is 27.7 Å². The molecule has 0 unspecified atom stereocenters. The highest BCUT2D eigenvalue weighted by Gasteiger charge is 2.29. The van der Waals surface area contributed by atoms with Crippen molar-refractivity contribution in [2.45, 2.75) is 56.4 Å². The molecule has 1 aliphatic carbocycles. The second-order valence-corrected chi connectivity index (χ2v) is 9.25. The van der Waals surface area contributed by atoms with Gasteiger partial charge in [0.1, 0.15) is 0 Å². The van der Waals surface area contributed by atoms with Crippen LogP contribution in [0.3, 0.4) is 0 Å². The molecule has 0 fully saturated rings. The summed E-state index contributed by atoms with van der Waals surface area (Å²) in [7, 11) is -3.68. The maximum absolute atomic E-state index is 12.9. The first-order valence-electron chi connectivity index (χ1n) is 9.44. The molecule has 0 spiro atoms. The molecule has 0 saturated heterocycles. The minimum absolute atomic E-state index is 0.102. The zero-order valence-electron chi connectivity index (χ0n) is 15.6. The SMILES string of the molecule is C[C@@H](NS(=O)(=O)c1ccc2c(c1)[C@@H](C)C(=O)N2)c1ccc2c(c1)CCCC2. The Morgan fingerprint density at radius 2 is 1.81 bits per heavy atom. The van der Waals surface area contributed by atoms with E-state index in [9.17, 15) is 13.2 Å². The van der Waals surface area contributed by atoms with E-state index in [2.05, 4.69) is 22.2 Å². The minimum atomic E-state index is -3.68. The van der Waals surface area contributed by atoms with Crippen LogP contribution in [0.1, 0.15) is 60.9 Å². The third-order valence-corrected chi connectivity index (χ3v) is 7.19. The van der Waals surface area contributed by atoms with Gasteiger partial charge in [-0.2, -0.15) is 0 Å². The number of hydrogen-bond acceptors (Lipinski definition) is 3. The fourth-order valence-electron chi connectivity index (χ4n) is 3.95. The minimum Gasteiger partial charge on any atom is -0.325 e. The number of anilines is 1. The second-order valence-electron chi connectivity index (χ2n) is 7.54. The predicted octanol–water partition coefficient (Wildman–Crippen LogP) is 3.66. The Balaban J connectivity index is 1.58. The van der Waals surface area contributed by atoms with Gasteiger partial charge in [0.05, 0.1) is 10.8 Å². The number of fused-ring (bicyclic) bond motifs is 2. The Bertz CT molecular complexity index is 1010. The summed E-state index contributed by atoms with van der Waals surface area (Å²) in [6.07, 6.45) is 4.58. The van der Waals surface area contributed by atoms with Crippen molar-refractivity contribution in [2.24, 2.45) is 0 Å². The molecule has 142 valence electrons. The van der Waals surface area contributed by atoms with Gasteiger partial charge in [0.25, 0.3) is 0 Å². The van der Waals surface area contributed by atoms with Gasteiger partial charge in [0.2, 0.25) is 15.9 Å². The highest BCUT2D eigenvalue weighted by molar-refractivity contribution is 7.89. The lowest BCUT2D eigenvalue weighted by molar-refractivity contribution is -0.116. The molecule has 0 radical (unpaired) electrons. The third-order valence-electron chi connectivity index (χ3n) is 5.66. The molecular weight excluding hydrogens is 360 g/mol. The molecule has 2 aliphatic rings. The van der Waals surface area contributed by atoms with Crippen molar-refractivity contribution < 1.29 is 13.2 Å². The Morgan fingerprint density at radius 1 is 1.07 bits per heavy atom. The number of carbonyl (C=O) groups is 1. The average Bonchev–Trinajstić information content (AvgIpc) is 2.94. The summed E-state index contributed by atoms with van der Waals surface area (Å²) in [5.74, 6) is -0.442. The van der Waals surface area contributed by atoms with E-state index >= 15 is 0 Å². The number of sulfonamides is 1. The van der Waals surface area contributed by atoms with E-state index < -0.39 is 10.0 Å². The molecule has 0 saturated carbocycles. The van der Waals surface area contributed by atoms with Crippen LogP contribution in [0.15, 0.2) is 41.3 Å². The summed E-state index contributed by atoms with van der Waals surface area (Å²) in [6.45, 7) is 3.64. The van der Waals surface area contributed by atoms with Gasteiger partial charge in [-0.05, 0) is 80.0 Å². The molecule has 1 amide bonds. The molecule has 2 aromatic rings. The number of aryl methyl sites for hydroxylation is 2. The Labute approximate surface area is 160 Å². The average molecular weight is 385 g/mol. The van der Waals surface area contributed by atoms with E-state index in [1.807, 2.05) is 13.0 Å².